The third-order valence-corrected chi connectivity index (χ3v) is 5.14. The standard InChI is InChI=1S/C22H23ClN4O3/c1-4-22(30)26-8-9-27(15(3)29)20(13-26)17-11-19(25-21(23)12-17)16-6-5-7-18(10-16)24-14(2)28/h4-7,10-12,20H,1,8-9,13H2,2-3H3,(H,24,28). The molecule has 1 N–H and O–H groups in total. The van der Waals surface area contributed by atoms with Gasteiger partial charge in [0.15, 0.2) is 0 Å². The molecule has 3 rings (SSSR count). The molecule has 156 valence electrons. The molecule has 1 aliphatic heterocycles. The van der Waals surface area contributed by atoms with Gasteiger partial charge in [0.1, 0.15) is 5.15 Å². The maximum Gasteiger partial charge on any atom is 0.246 e. The van der Waals surface area contributed by atoms with Crippen LogP contribution in [0.4, 0.5) is 5.69 Å². The number of benzene rings is 1. The topological polar surface area (TPSA) is 82.6 Å². The molecule has 1 aromatic heterocycles. The Balaban J connectivity index is 2.00. The zero-order valence-corrected chi connectivity index (χ0v) is 17.6. The average Bonchev–Trinajstić information content (AvgIpc) is 2.72. The van der Waals surface area contributed by atoms with E-state index >= 15 is 0 Å². The zero-order valence-electron chi connectivity index (χ0n) is 16.9. The lowest BCUT2D eigenvalue weighted by Gasteiger charge is -2.41. The average molecular weight is 427 g/mol. The maximum atomic E-state index is 12.2. The molecule has 3 amide bonds. The molecule has 2 heterocycles. The Kier molecular flexibility index (Phi) is 6.52. The number of hydrogen-bond acceptors (Lipinski definition) is 4. The number of carbonyl (C=O) groups excluding carboxylic acids is 3. The first-order valence-corrected chi connectivity index (χ1v) is 9.90. The number of amides is 3. The van der Waals surface area contributed by atoms with Gasteiger partial charge >= 0.3 is 0 Å². The molecular weight excluding hydrogens is 404 g/mol. The highest BCUT2D eigenvalue weighted by Gasteiger charge is 2.32. The number of halogens is 1. The summed E-state index contributed by atoms with van der Waals surface area (Å²) in [7, 11) is 0. The van der Waals surface area contributed by atoms with Gasteiger partial charge < -0.3 is 15.1 Å². The fourth-order valence-electron chi connectivity index (χ4n) is 3.59. The highest BCUT2D eigenvalue weighted by Crippen LogP contribution is 2.31. The van der Waals surface area contributed by atoms with Crippen molar-refractivity contribution in [1.82, 2.24) is 14.8 Å². The van der Waals surface area contributed by atoms with Crippen LogP contribution in [0.2, 0.25) is 5.15 Å². The summed E-state index contributed by atoms with van der Waals surface area (Å²) >= 11 is 6.32. The molecule has 1 atom stereocenters. The smallest absolute Gasteiger partial charge is 0.246 e. The summed E-state index contributed by atoms with van der Waals surface area (Å²) in [5.41, 5.74) is 2.82. The molecule has 7 nitrogen and oxygen atoms in total. The Hall–Kier alpha value is -3.19. The fourth-order valence-corrected chi connectivity index (χ4v) is 3.81. The van der Waals surface area contributed by atoms with Crippen LogP contribution in [-0.4, -0.2) is 52.1 Å². The van der Waals surface area contributed by atoms with E-state index in [1.54, 1.807) is 28.0 Å². The van der Waals surface area contributed by atoms with Crippen LogP contribution in [0.1, 0.15) is 25.5 Å². The Bertz CT molecular complexity index is 1010. The summed E-state index contributed by atoms with van der Waals surface area (Å²) in [5, 5.41) is 3.03. The lowest BCUT2D eigenvalue weighted by molar-refractivity contribution is -0.139. The van der Waals surface area contributed by atoms with Gasteiger partial charge in [0.25, 0.3) is 0 Å². The largest absolute Gasteiger partial charge is 0.335 e. The highest BCUT2D eigenvalue weighted by molar-refractivity contribution is 6.29. The third kappa shape index (κ3) is 4.86. The van der Waals surface area contributed by atoms with E-state index in [9.17, 15) is 14.4 Å². The van der Waals surface area contributed by atoms with Crippen LogP contribution in [0.5, 0.6) is 0 Å². The second-order valence-corrected chi connectivity index (χ2v) is 7.47. The van der Waals surface area contributed by atoms with Crippen molar-refractivity contribution in [2.75, 3.05) is 25.0 Å². The third-order valence-electron chi connectivity index (χ3n) is 4.95. The van der Waals surface area contributed by atoms with E-state index < -0.39 is 0 Å². The molecular formula is C22H23ClN4O3. The highest BCUT2D eigenvalue weighted by atomic mass is 35.5. The molecule has 0 bridgehead atoms. The number of carbonyl (C=O) groups is 3. The molecule has 2 aromatic rings. The second kappa shape index (κ2) is 9.09. The van der Waals surface area contributed by atoms with Crippen LogP contribution in [0.15, 0.2) is 49.1 Å². The fraction of sp³-hybridized carbons (Fsp3) is 0.273. The monoisotopic (exact) mass is 426 g/mol. The van der Waals surface area contributed by atoms with Crippen molar-refractivity contribution in [2.24, 2.45) is 0 Å². The number of aromatic nitrogens is 1. The summed E-state index contributed by atoms with van der Waals surface area (Å²) in [6.45, 7) is 7.72. The van der Waals surface area contributed by atoms with E-state index in [-0.39, 0.29) is 28.9 Å². The summed E-state index contributed by atoms with van der Waals surface area (Å²) in [6.07, 6.45) is 1.28. The van der Waals surface area contributed by atoms with Crippen LogP contribution in [0, 0.1) is 0 Å². The van der Waals surface area contributed by atoms with Crippen molar-refractivity contribution in [2.45, 2.75) is 19.9 Å². The Morgan fingerprint density at radius 3 is 2.63 bits per heavy atom. The summed E-state index contributed by atoms with van der Waals surface area (Å²) in [4.78, 5) is 43.5. The molecule has 8 heteroatoms. The van der Waals surface area contributed by atoms with Crippen LogP contribution >= 0.6 is 11.6 Å². The van der Waals surface area contributed by atoms with E-state index in [0.717, 1.165) is 11.1 Å². The maximum absolute atomic E-state index is 12.2. The van der Waals surface area contributed by atoms with E-state index in [1.165, 1.54) is 19.9 Å². The minimum atomic E-state index is -0.349. The second-order valence-electron chi connectivity index (χ2n) is 7.09. The van der Waals surface area contributed by atoms with Crippen molar-refractivity contribution in [3.63, 3.8) is 0 Å². The van der Waals surface area contributed by atoms with Crippen molar-refractivity contribution in [3.05, 3.63) is 59.8 Å². The molecule has 30 heavy (non-hydrogen) atoms. The molecule has 0 spiro atoms. The molecule has 1 fully saturated rings. The van der Waals surface area contributed by atoms with Crippen LogP contribution in [0.25, 0.3) is 11.3 Å². The number of nitrogens with one attached hydrogen (secondary N) is 1. The first-order valence-electron chi connectivity index (χ1n) is 9.52. The molecule has 1 aliphatic rings. The van der Waals surface area contributed by atoms with Gasteiger partial charge in [0.2, 0.25) is 17.7 Å². The van der Waals surface area contributed by atoms with E-state index in [2.05, 4.69) is 16.9 Å². The number of rotatable bonds is 4. The molecule has 0 aliphatic carbocycles. The summed E-state index contributed by atoms with van der Waals surface area (Å²) < 4.78 is 0. The van der Waals surface area contributed by atoms with E-state index in [1.807, 2.05) is 18.2 Å². The number of pyridine rings is 1. The van der Waals surface area contributed by atoms with Crippen LogP contribution < -0.4 is 5.32 Å². The number of nitrogens with zero attached hydrogens (tertiary/aromatic N) is 3. The molecule has 1 aromatic carbocycles. The first-order chi connectivity index (χ1) is 14.3. The SMILES string of the molecule is C=CC(=O)N1CCN(C(C)=O)C(c2cc(Cl)nc(-c3cccc(NC(C)=O)c3)c2)C1. The summed E-state index contributed by atoms with van der Waals surface area (Å²) in [6, 6.07) is 10.5. The van der Waals surface area contributed by atoms with Crippen molar-refractivity contribution in [1.29, 1.82) is 0 Å². The molecule has 1 saturated heterocycles. The van der Waals surface area contributed by atoms with Gasteiger partial charge in [0.05, 0.1) is 11.7 Å². The zero-order chi connectivity index (χ0) is 21.8. The Morgan fingerprint density at radius 2 is 1.97 bits per heavy atom. The predicted octanol–water partition coefficient (Wildman–Crippen LogP) is 3.28. The summed E-state index contributed by atoms with van der Waals surface area (Å²) in [5.74, 6) is -0.419. The van der Waals surface area contributed by atoms with Gasteiger partial charge in [-0.2, -0.15) is 0 Å². The number of anilines is 1. The lowest BCUT2D eigenvalue weighted by atomic mass is 10.00. The molecule has 1 unspecified atom stereocenters. The van der Waals surface area contributed by atoms with Crippen molar-refractivity contribution < 1.29 is 14.4 Å². The lowest BCUT2D eigenvalue weighted by Crippen LogP contribution is -2.51. The molecule has 0 saturated carbocycles. The van der Waals surface area contributed by atoms with Gasteiger partial charge in [-0.3, -0.25) is 14.4 Å². The first kappa shape index (κ1) is 21.5. The normalized spacial score (nSPS) is 16.2. The Morgan fingerprint density at radius 1 is 1.20 bits per heavy atom. The minimum Gasteiger partial charge on any atom is -0.335 e. The minimum absolute atomic E-state index is 0.0761. The van der Waals surface area contributed by atoms with Gasteiger partial charge in [-0.05, 0) is 35.9 Å². The number of piperazine rings is 1. The molecule has 0 radical (unpaired) electrons. The van der Waals surface area contributed by atoms with E-state index in [0.29, 0.717) is 31.0 Å². The Labute approximate surface area is 180 Å². The van der Waals surface area contributed by atoms with Crippen LogP contribution in [0.3, 0.4) is 0 Å². The van der Waals surface area contributed by atoms with Crippen LogP contribution in [-0.2, 0) is 14.4 Å². The van der Waals surface area contributed by atoms with Gasteiger partial charge in [-0.1, -0.05) is 30.3 Å². The number of hydrogen-bond donors (Lipinski definition) is 1. The van der Waals surface area contributed by atoms with Crippen molar-refractivity contribution in [3.8, 4) is 11.3 Å². The van der Waals surface area contributed by atoms with Crippen molar-refractivity contribution >= 4 is 35.0 Å². The van der Waals surface area contributed by atoms with Gasteiger partial charge in [-0.25, -0.2) is 4.98 Å². The quantitative estimate of drug-likeness (QED) is 0.600. The van der Waals surface area contributed by atoms with E-state index in [4.69, 9.17) is 11.6 Å². The predicted molar refractivity (Wildman–Crippen MR) is 116 cm³/mol. The van der Waals surface area contributed by atoms with Gasteiger partial charge in [-0.15, -0.1) is 0 Å². The van der Waals surface area contributed by atoms with Gasteiger partial charge in [0, 0.05) is 44.7 Å².